The standard InChI is InChI=1S/C12H15ClO.C9H9ClO.C3H5Br/c1-2-8-12(14,9-10-13)11-6-4-3-5-7-11;10-7-6-9(11)8-4-2-1-3-5-8;1-2-3-4/h2-7,14H,1,8-10H2;1-5H,6-7H2;2H,1,3H2. The molecule has 0 spiro atoms. The number of Topliss-reactive ketones (excluding diaryl/α,β-unsaturated/α-hetero) is 1. The molecule has 5 heteroatoms. The van der Waals surface area contributed by atoms with Crippen LogP contribution < -0.4 is 0 Å². The van der Waals surface area contributed by atoms with Crippen molar-refractivity contribution >= 4 is 44.9 Å². The zero-order valence-electron chi connectivity index (χ0n) is 16.6. The molecule has 0 aliphatic rings. The summed E-state index contributed by atoms with van der Waals surface area (Å²) in [6, 6.07) is 18.8. The molecule has 1 atom stereocenters. The lowest BCUT2D eigenvalue weighted by Crippen LogP contribution is -2.25. The molecular formula is C24H29BrCl2O2. The number of rotatable bonds is 9. The van der Waals surface area contributed by atoms with Crippen LogP contribution in [0.3, 0.4) is 0 Å². The second-order valence-electron chi connectivity index (χ2n) is 6.00. The van der Waals surface area contributed by atoms with Gasteiger partial charge in [-0.05, 0) is 18.4 Å². The third-order valence-electron chi connectivity index (χ3n) is 3.83. The second-order valence-corrected chi connectivity index (χ2v) is 7.40. The highest BCUT2D eigenvalue weighted by Crippen LogP contribution is 2.29. The Morgan fingerprint density at radius 3 is 1.90 bits per heavy atom. The maximum Gasteiger partial charge on any atom is 0.164 e. The largest absolute Gasteiger partial charge is 0.385 e. The first-order chi connectivity index (χ1) is 14.0. The van der Waals surface area contributed by atoms with Crippen LogP contribution in [0.25, 0.3) is 0 Å². The van der Waals surface area contributed by atoms with Gasteiger partial charge in [-0.1, -0.05) is 88.7 Å². The predicted octanol–water partition coefficient (Wildman–Crippen LogP) is 7.14. The van der Waals surface area contributed by atoms with Crippen molar-refractivity contribution < 1.29 is 9.90 Å². The number of ketones is 1. The van der Waals surface area contributed by atoms with E-state index in [0.717, 1.165) is 16.5 Å². The fourth-order valence-corrected chi connectivity index (χ4v) is 2.85. The van der Waals surface area contributed by atoms with Crippen LogP contribution in [0, 0.1) is 0 Å². The molecule has 0 fully saturated rings. The Kier molecular flexibility index (Phi) is 16.6. The van der Waals surface area contributed by atoms with Crippen LogP contribution in [-0.4, -0.2) is 28.0 Å². The summed E-state index contributed by atoms with van der Waals surface area (Å²) >= 11 is 14.2. The van der Waals surface area contributed by atoms with Gasteiger partial charge in [0.25, 0.3) is 0 Å². The van der Waals surface area contributed by atoms with E-state index in [0.29, 0.717) is 31.0 Å². The number of alkyl halides is 3. The molecule has 2 aromatic rings. The zero-order valence-corrected chi connectivity index (χ0v) is 19.7. The molecule has 29 heavy (non-hydrogen) atoms. The van der Waals surface area contributed by atoms with Gasteiger partial charge in [0.05, 0.1) is 5.60 Å². The number of carbonyl (C=O) groups excluding carboxylic acids is 1. The maximum absolute atomic E-state index is 11.2. The highest BCUT2D eigenvalue weighted by molar-refractivity contribution is 9.09. The first-order valence-corrected chi connectivity index (χ1v) is 11.4. The third kappa shape index (κ3) is 12.0. The van der Waals surface area contributed by atoms with Gasteiger partial charge < -0.3 is 5.11 Å². The van der Waals surface area contributed by atoms with E-state index >= 15 is 0 Å². The minimum atomic E-state index is -0.856. The van der Waals surface area contributed by atoms with Gasteiger partial charge in [0.2, 0.25) is 0 Å². The van der Waals surface area contributed by atoms with Crippen LogP contribution in [0.5, 0.6) is 0 Å². The monoisotopic (exact) mass is 498 g/mol. The van der Waals surface area contributed by atoms with Gasteiger partial charge in [-0.25, -0.2) is 0 Å². The van der Waals surface area contributed by atoms with Crippen molar-refractivity contribution in [1.82, 2.24) is 0 Å². The average Bonchev–Trinajstić information content (AvgIpc) is 2.76. The smallest absolute Gasteiger partial charge is 0.164 e. The summed E-state index contributed by atoms with van der Waals surface area (Å²) < 4.78 is 0. The molecule has 2 rings (SSSR count). The summed E-state index contributed by atoms with van der Waals surface area (Å²) in [4.78, 5) is 11.2. The molecule has 2 nitrogen and oxygen atoms in total. The van der Waals surface area contributed by atoms with Crippen LogP contribution in [0.2, 0.25) is 0 Å². The summed E-state index contributed by atoms with van der Waals surface area (Å²) in [7, 11) is 0. The topological polar surface area (TPSA) is 37.3 Å². The quantitative estimate of drug-likeness (QED) is 0.226. The molecule has 0 aromatic heterocycles. The molecule has 1 unspecified atom stereocenters. The molecule has 0 aliphatic heterocycles. The molecule has 158 valence electrons. The Labute approximate surface area is 193 Å². The van der Waals surface area contributed by atoms with Crippen LogP contribution in [0.4, 0.5) is 0 Å². The molecule has 0 saturated carbocycles. The fourth-order valence-electron chi connectivity index (χ4n) is 2.36. The Hall–Kier alpha value is -1.39. The number of hydrogen-bond acceptors (Lipinski definition) is 2. The number of allylic oxidation sites excluding steroid dienone is 1. The number of carbonyl (C=O) groups is 1. The van der Waals surface area contributed by atoms with Gasteiger partial charge in [0.1, 0.15) is 0 Å². The summed E-state index contributed by atoms with van der Waals surface area (Å²) in [5, 5.41) is 11.2. The van der Waals surface area contributed by atoms with Crippen molar-refractivity contribution in [2.75, 3.05) is 17.1 Å². The Morgan fingerprint density at radius 1 is 0.966 bits per heavy atom. The third-order valence-corrected chi connectivity index (χ3v) is 4.66. The SMILES string of the molecule is C=CCBr.C=CCC(O)(CCCl)c1ccccc1.O=C(CCCl)c1ccccc1. The van der Waals surface area contributed by atoms with Crippen molar-refractivity contribution in [2.45, 2.75) is 24.9 Å². The first kappa shape index (κ1) is 27.6. The van der Waals surface area contributed by atoms with E-state index < -0.39 is 5.60 Å². The number of hydrogen-bond donors (Lipinski definition) is 1. The number of benzene rings is 2. The van der Waals surface area contributed by atoms with Gasteiger partial charge in [0.15, 0.2) is 5.78 Å². The van der Waals surface area contributed by atoms with E-state index in [-0.39, 0.29) is 5.78 Å². The van der Waals surface area contributed by atoms with Crippen molar-refractivity contribution in [2.24, 2.45) is 0 Å². The normalized spacial score (nSPS) is 11.6. The Morgan fingerprint density at radius 2 is 1.48 bits per heavy atom. The predicted molar refractivity (Wildman–Crippen MR) is 131 cm³/mol. The second kappa shape index (κ2) is 17.5. The van der Waals surface area contributed by atoms with Crippen LogP contribution in [-0.2, 0) is 5.60 Å². The molecule has 0 saturated heterocycles. The lowest BCUT2D eigenvalue weighted by atomic mass is 9.88. The van der Waals surface area contributed by atoms with E-state index in [4.69, 9.17) is 23.2 Å². The summed E-state index contributed by atoms with van der Waals surface area (Å²) in [5.74, 6) is 0.952. The highest BCUT2D eigenvalue weighted by atomic mass is 79.9. The number of halogens is 3. The molecule has 0 amide bonds. The Bertz CT molecular complexity index is 693. The van der Waals surface area contributed by atoms with Gasteiger partial charge in [0, 0.05) is 29.1 Å². The van der Waals surface area contributed by atoms with Crippen molar-refractivity contribution in [3.63, 3.8) is 0 Å². The van der Waals surface area contributed by atoms with Crippen molar-refractivity contribution in [3.05, 3.63) is 97.1 Å². The summed E-state index contributed by atoms with van der Waals surface area (Å²) in [5.41, 5.74) is 0.791. The highest BCUT2D eigenvalue weighted by Gasteiger charge is 2.26. The van der Waals surface area contributed by atoms with Crippen LogP contribution in [0.1, 0.15) is 35.2 Å². The Balaban J connectivity index is 0.000000466. The van der Waals surface area contributed by atoms with Gasteiger partial charge in [-0.2, -0.15) is 0 Å². The van der Waals surface area contributed by atoms with Crippen molar-refractivity contribution in [3.8, 4) is 0 Å². The maximum atomic E-state index is 11.2. The average molecular weight is 500 g/mol. The minimum absolute atomic E-state index is 0.112. The molecule has 0 bridgehead atoms. The summed E-state index contributed by atoms with van der Waals surface area (Å²) in [6.07, 6.45) is 5.01. The van der Waals surface area contributed by atoms with E-state index in [1.54, 1.807) is 24.3 Å². The van der Waals surface area contributed by atoms with E-state index in [2.05, 4.69) is 29.1 Å². The van der Waals surface area contributed by atoms with Gasteiger partial charge in [-0.15, -0.1) is 36.4 Å². The van der Waals surface area contributed by atoms with Crippen LogP contribution >= 0.6 is 39.1 Å². The molecule has 1 N–H and O–H groups in total. The van der Waals surface area contributed by atoms with Gasteiger partial charge >= 0.3 is 0 Å². The fraction of sp³-hybridized carbons (Fsp3) is 0.292. The van der Waals surface area contributed by atoms with E-state index in [1.165, 1.54) is 0 Å². The molecule has 2 aromatic carbocycles. The van der Waals surface area contributed by atoms with Gasteiger partial charge in [-0.3, -0.25) is 4.79 Å². The van der Waals surface area contributed by atoms with E-state index in [1.807, 2.05) is 48.5 Å². The minimum Gasteiger partial charge on any atom is -0.385 e. The first-order valence-electron chi connectivity index (χ1n) is 9.24. The molecule has 0 aliphatic carbocycles. The molecule has 0 radical (unpaired) electrons. The van der Waals surface area contributed by atoms with Crippen LogP contribution in [0.15, 0.2) is 86.0 Å². The summed E-state index contributed by atoms with van der Waals surface area (Å²) in [6.45, 7) is 7.08. The lowest BCUT2D eigenvalue weighted by Gasteiger charge is -2.26. The molecule has 0 heterocycles. The van der Waals surface area contributed by atoms with Crippen molar-refractivity contribution in [1.29, 1.82) is 0 Å². The number of aliphatic hydroxyl groups is 1. The lowest BCUT2D eigenvalue weighted by molar-refractivity contribution is 0.0365. The van der Waals surface area contributed by atoms with E-state index in [9.17, 15) is 9.90 Å². The molecular weight excluding hydrogens is 471 g/mol. The zero-order chi connectivity index (χ0) is 22.0.